The molecule has 0 bridgehead atoms. The first-order chi connectivity index (χ1) is 13.4. The lowest BCUT2D eigenvalue weighted by Crippen LogP contribution is -2.45. The molecule has 6 heteroatoms. The number of carbonyl (C=O) groups excluding carboxylic acids is 1. The van der Waals surface area contributed by atoms with Gasteiger partial charge in [-0.3, -0.25) is 14.4 Å². The van der Waals surface area contributed by atoms with E-state index in [-0.39, 0.29) is 11.7 Å². The molecule has 152 valence electrons. The Hall–Kier alpha value is -2.21. The number of carbonyl (C=O) groups is 1. The van der Waals surface area contributed by atoms with E-state index in [1.54, 1.807) is 6.20 Å². The quantitative estimate of drug-likeness (QED) is 0.763. The van der Waals surface area contributed by atoms with Gasteiger partial charge < -0.3 is 4.90 Å². The fraction of sp³-hybridized carbons (Fsp3) is 0.545. The Morgan fingerprint density at radius 1 is 1.21 bits per heavy atom. The van der Waals surface area contributed by atoms with Gasteiger partial charge in [-0.2, -0.15) is 5.10 Å². The predicted octanol–water partition coefficient (Wildman–Crippen LogP) is 3.48. The summed E-state index contributed by atoms with van der Waals surface area (Å²) < 4.78 is 15.1. The number of nitrogens with zero attached hydrogens (tertiary/aromatic N) is 4. The minimum atomic E-state index is -0.204. The molecule has 1 atom stereocenters. The van der Waals surface area contributed by atoms with Gasteiger partial charge in [0.1, 0.15) is 5.82 Å². The maximum atomic E-state index is 13.2. The van der Waals surface area contributed by atoms with Crippen LogP contribution in [-0.2, 0) is 17.9 Å². The Balaban J connectivity index is 1.63. The number of aryl methyl sites for hydroxylation is 2. The number of benzene rings is 1. The number of amides is 1. The smallest absolute Gasteiger partial charge is 0.224 e. The van der Waals surface area contributed by atoms with Crippen molar-refractivity contribution in [3.8, 4) is 0 Å². The predicted molar refractivity (Wildman–Crippen MR) is 108 cm³/mol. The molecule has 0 saturated carbocycles. The van der Waals surface area contributed by atoms with Crippen LogP contribution in [0, 0.1) is 18.7 Å². The van der Waals surface area contributed by atoms with Gasteiger partial charge in [-0.25, -0.2) is 4.39 Å². The average Bonchev–Trinajstić information content (AvgIpc) is 2.95. The first-order valence-corrected chi connectivity index (χ1v) is 10.2. The monoisotopic (exact) mass is 386 g/mol. The summed E-state index contributed by atoms with van der Waals surface area (Å²) in [5.74, 6) is 0.426. The Labute approximate surface area is 167 Å². The molecule has 0 spiro atoms. The summed E-state index contributed by atoms with van der Waals surface area (Å²) >= 11 is 0. The van der Waals surface area contributed by atoms with Crippen LogP contribution in [0.4, 0.5) is 4.39 Å². The van der Waals surface area contributed by atoms with Crippen molar-refractivity contribution in [1.82, 2.24) is 19.6 Å². The molecule has 1 aromatic heterocycles. The van der Waals surface area contributed by atoms with Crippen LogP contribution < -0.4 is 0 Å². The Bertz CT molecular complexity index is 771. The zero-order valence-corrected chi connectivity index (χ0v) is 17.1. The standard InChI is InChI=1S/C22H31FN4O/c1-17(2)21-16-26(22(28)10-14-27-18(3)9-11-24-27)13-4-12-25(21)15-19-5-7-20(23)8-6-19/h5-9,11,17,21H,4,10,12-16H2,1-3H3/t21-/m0/s1. The van der Waals surface area contributed by atoms with Gasteiger partial charge in [-0.15, -0.1) is 0 Å². The van der Waals surface area contributed by atoms with Gasteiger partial charge >= 0.3 is 0 Å². The molecule has 1 saturated heterocycles. The van der Waals surface area contributed by atoms with E-state index < -0.39 is 0 Å². The Kier molecular flexibility index (Phi) is 6.83. The van der Waals surface area contributed by atoms with E-state index in [2.05, 4.69) is 23.8 Å². The van der Waals surface area contributed by atoms with Crippen molar-refractivity contribution >= 4 is 5.91 Å². The molecule has 1 aromatic carbocycles. The first-order valence-electron chi connectivity index (χ1n) is 10.2. The highest BCUT2D eigenvalue weighted by atomic mass is 19.1. The second-order valence-corrected chi connectivity index (χ2v) is 8.05. The molecule has 5 nitrogen and oxygen atoms in total. The number of hydrogen-bond donors (Lipinski definition) is 0. The molecule has 1 amide bonds. The topological polar surface area (TPSA) is 41.4 Å². The molecule has 2 aromatic rings. The Morgan fingerprint density at radius 2 is 1.96 bits per heavy atom. The van der Waals surface area contributed by atoms with Crippen LogP contribution in [0.3, 0.4) is 0 Å². The van der Waals surface area contributed by atoms with Crippen LogP contribution in [-0.4, -0.2) is 51.2 Å². The molecule has 0 N–H and O–H groups in total. The highest BCUT2D eigenvalue weighted by Gasteiger charge is 2.29. The zero-order valence-electron chi connectivity index (χ0n) is 17.1. The summed E-state index contributed by atoms with van der Waals surface area (Å²) in [5, 5.41) is 4.27. The van der Waals surface area contributed by atoms with E-state index >= 15 is 0 Å². The van der Waals surface area contributed by atoms with Crippen LogP contribution in [0.5, 0.6) is 0 Å². The first kappa shape index (κ1) is 20.5. The number of rotatable bonds is 6. The van der Waals surface area contributed by atoms with Gasteiger partial charge in [-0.05, 0) is 43.0 Å². The van der Waals surface area contributed by atoms with Crippen LogP contribution in [0.25, 0.3) is 0 Å². The van der Waals surface area contributed by atoms with Crippen LogP contribution in [0.15, 0.2) is 36.5 Å². The van der Waals surface area contributed by atoms with Gasteiger partial charge in [0.15, 0.2) is 0 Å². The van der Waals surface area contributed by atoms with Crippen LogP contribution in [0.1, 0.15) is 37.9 Å². The summed E-state index contributed by atoms with van der Waals surface area (Å²) in [7, 11) is 0. The molecule has 0 aliphatic carbocycles. The SMILES string of the molecule is Cc1ccnn1CCC(=O)N1CCCN(Cc2ccc(F)cc2)[C@H](C(C)C)C1. The fourth-order valence-electron chi connectivity index (χ4n) is 3.94. The molecular formula is C22H31FN4O. The second-order valence-electron chi connectivity index (χ2n) is 8.05. The van der Waals surface area contributed by atoms with E-state index in [1.165, 1.54) is 12.1 Å². The molecule has 0 radical (unpaired) electrons. The highest BCUT2D eigenvalue weighted by Crippen LogP contribution is 2.21. The van der Waals surface area contributed by atoms with Crippen molar-refractivity contribution in [2.75, 3.05) is 19.6 Å². The van der Waals surface area contributed by atoms with Crippen molar-refractivity contribution in [3.05, 3.63) is 53.6 Å². The van der Waals surface area contributed by atoms with Gasteiger partial charge in [0.05, 0.1) is 0 Å². The fourth-order valence-corrected chi connectivity index (χ4v) is 3.94. The number of hydrogen-bond acceptors (Lipinski definition) is 3. The van der Waals surface area contributed by atoms with Crippen molar-refractivity contribution in [2.45, 2.75) is 52.7 Å². The van der Waals surface area contributed by atoms with Crippen molar-refractivity contribution in [1.29, 1.82) is 0 Å². The summed E-state index contributed by atoms with van der Waals surface area (Å²) in [6, 6.07) is 9.00. The molecule has 2 heterocycles. The largest absolute Gasteiger partial charge is 0.341 e. The van der Waals surface area contributed by atoms with Crippen LogP contribution >= 0.6 is 0 Å². The van der Waals surface area contributed by atoms with E-state index in [0.29, 0.717) is 24.9 Å². The van der Waals surface area contributed by atoms with Crippen molar-refractivity contribution in [3.63, 3.8) is 0 Å². The maximum Gasteiger partial charge on any atom is 0.224 e. The number of aromatic nitrogens is 2. The third-order valence-electron chi connectivity index (χ3n) is 5.64. The summed E-state index contributed by atoms with van der Waals surface area (Å²) in [6.07, 6.45) is 3.20. The minimum Gasteiger partial charge on any atom is -0.341 e. The molecule has 28 heavy (non-hydrogen) atoms. The third kappa shape index (κ3) is 5.19. The molecule has 1 aliphatic heterocycles. The Morgan fingerprint density at radius 3 is 2.61 bits per heavy atom. The zero-order chi connectivity index (χ0) is 20.1. The van der Waals surface area contributed by atoms with E-state index in [0.717, 1.165) is 43.9 Å². The van der Waals surface area contributed by atoms with E-state index in [1.807, 2.05) is 34.7 Å². The number of halogens is 1. The lowest BCUT2D eigenvalue weighted by molar-refractivity contribution is -0.132. The van der Waals surface area contributed by atoms with Gasteiger partial charge in [-0.1, -0.05) is 26.0 Å². The third-order valence-corrected chi connectivity index (χ3v) is 5.64. The molecular weight excluding hydrogens is 355 g/mol. The molecule has 3 rings (SSSR count). The van der Waals surface area contributed by atoms with Crippen LogP contribution in [0.2, 0.25) is 0 Å². The van der Waals surface area contributed by atoms with Crippen molar-refractivity contribution < 1.29 is 9.18 Å². The lowest BCUT2D eigenvalue weighted by atomic mass is 10.0. The van der Waals surface area contributed by atoms with E-state index in [4.69, 9.17) is 0 Å². The second kappa shape index (κ2) is 9.32. The highest BCUT2D eigenvalue weighted by molar-refractivity contribution is 5.76. The van der Waals surface area contributed by atoms with Gasteiger partial charge in [0.2, 0.25) is 5.91 Å². The van der Waals surface area contributed by atoms with E-state index in [9.17, 15) is 9.18 Å². The average molecular weight is 387 g/mol. The molecule has 0 unspecified atom stereocenters. The summed E-state index contributed by atoms with van der Waals surface area (Å²) in [6.45, 7) is 10.3. The molecule has 1 fully saturated rings. The van der Waals surface area contributed by atoms with Gasteiger partial charge in [0.25, 0.3) is 0 Å². The lowest BCUT2D eigenvalue weighted by Gasteiger charge is -2.34. The van der Waals surface area contributed by atoms with Gasteiger partial charge in [0, 0.05) is 57.1 Å². The van der Waals surface area contributed by atoms with Crippen molar-refractivity contribution in [2.24, 2.45) is 5.92 Å². The summed E-state index contributed by atoms with van der Waals surface area (Å²) in [5.41, 5.74) is 2.19. The maximum absolute atomic E-state index is 13.2. The molecule has 1 aliphatic rings. The minimum absolute atomic E-state index is 0.198. The normalized spacial score (nSPS) is 18.5. The summed E-state index contributed by atoms with van der Waals surface area (Å²) in [4.78, 5) is 17.3.